The molecular formula is C15H18ClNO5. The molecule has 1 aromatic rings. The molecule has 120 valence electrons. The van der Waals surface area contributed by atoms with Gasteiger partial charge in [0.25, 0.3) is 5.91 Å². The van der Waals surface area contributed by atoms with Gasteiger partial charge in [0.05, 0.1) is 12.3 Å². The van der Waals surface area contributed by atoms with Crippen LogP contribution in [-0.4, -0.2) is 44.3 Å². The number of rotatable bonds is 5. The molecule has 0 radical (unpaired) electrons. The quantitative estimate of drug-likeness (QED) is 0.611. The number of fused-ring (bicyclic) bond motifs is 1. The first kappa shape index (κ1) is 16.6. The minimum absolute atomic E-state index is 0.139. The van der Waals surface area contributed by atoms with Crippen LogP contribution in [0.15, 0.2) is 18.2 Å². The monoisotopic (exact) mass is 327 g/mol. The lowest BCUT2D eigenvalue weighted by molar-refractivity contribution is -0.145. The zero-order valence-electron chi connectivity index (χ0n) is 12.7. The van der Waals surface area contributed by atoms with Gasteiger partial charge in [-0.25, -0.2) is 0 Å². The van der Waals surface area contributed by atoms with Gasteiger partial charge in [0, 0.05) is 12.1 Å². The van der Waals surface area contributed by atoms with Crippen LogP contribution in [0.2, 0.25) is 5.02 Å². The Balaban J connectivity index is 2.23. The van der Waals surface area contributed by atoms with Crippen molar-refractivity contribution in [3.8, 4) is 5.75 Å². The average molecular weight is 328 g/mol. The van der Waals surface area contributed by atoms with Crippen molar-refractivity contribution in [1.29, 1.82) is 0 Å². The predicted octanol–water partition coefficient (Wildman–Crippen LogP) is 2.03. The fraction of sp³-hybridized carbons (Fsp3) is 0.467. The largest absolute Gasteiger partial charge is 0.476 e. The van der Waals surface area contributed by atoms with Crippen molar-refractivity contribution < 1.29 is 23.8 Å². The van der Waals surface area contributed by atoms with Crippen molar-refractivity contribution in [2.75, 3.05) is 31.8 Å². The average Bonchev–Trinajstić information content (AvgIpc) is 2.45. The normalized spacial score (nSPS) is 16.0. The Morgan fingerprint density at radius 1 is 1.36 bits per heavy atom. The van der Waals surface area contributed by atoms with Gasteiger partial charge < -0.3 is 14.2 Å². The first-order valence-electron chi connectivity index (χ1n) is 6.80. The van der Waals surface area contributed by atoms with Crippen LogP contribution in [0, 0.1) is 0 Å². The predicted molar refractivity (Wildman–Crippen MR) is 81.3 cm³/mol. The Morgan fingerprint density at radius 3 is 2.77 bits per heavy atom. The summed E-state index contributed by atoms with van der Waals surface area (Å²) in [4.78, 5) is 25.7. The van der Waals surface area contributed by atoms with Crippen LogP contribution in [0.4, 0.5) is 5.69 Å². The highest BCUT2D eigenvalue weighted by molar-refractivity contribution is 6.31. The fourth-order valence-corrected chi connectivity index (χ4v) is 2.28. The molecular weight excluding hydrogens is 310 g/mol. The van der Waals surface area contributed by atoms with Crippen LogP contribution in [0.3, 0.4) is 0 Å². The first-order valence-corrected chi connectivity index (χ1v) is 7.18. The zero-order chi connectivity index (χ0) is 16.3. The lowest BCUT2D eigenvalue weighted by atomic mass is 10.0. The van der Waals surface area contributed by atoms with E-state index in [0.29, 0.717) is 23.1 Å². The van der Waals surface area contributed by atoms with Crippen molar-refractivity contribution in [2.24, 2.45) is 0 Å². The van der Waals surface area contributed by atoms with Crippen LogP contribution < -0.4 is 9.64 Å². The van der Waals surface area contributed by atoms with Crippen LogP contribution in [-0.2, 0) is 19.1 Å². The molecule has 7 heteroatoms. The standard InChI is InChI=1S/C15H18ClNO5/c1-15(2)14(19)17(9-13(18)21-7-6-20-3)11-8-10(16)4-5-12(11)22-15/h4-5,8H,6-7,9H2,1-3H3. The van der Waals surface area contributed by atoms with E-state index < -0.39 is 11.6 Å². The first-order chi connectivity index (χ1) is 10.3. The highest BCUT2D eigenvalue weighted by atomic mass is 35.5. The van der Waals surface area contributed by atoms with E-state index in [9.17, 15) is 9.59 Å². The molecule has 0 aromatic heterocycles. The molecule has 0 saturated carbocycles. The Kier molecular flexibility index (Phi) is 4.93. The van der Waals surface area contributed by atoms with Gasteiger partial charge in [0.1, 0.15) is 18.9 Å². The smallest absolute Gasteiger partial charge is 0.326 e. The van der Waals surface area contributed by atoms with E-state index in [2.05, 4.69) is 0 Å². The Labute approximate surface area is 133 Å². The Bertz CT molecular complexity index is 587. The molecule has 1 aromatic carbocycles. The van der Waals surface area contributed by atoms with Crippen molar-refractivity contribution in [3.05, 3.63) is 23.2 Å². The van der Waals surface area contributed by atoms with E-state index >= 15 is 0 Å². The van der Waals surface area contributed by atoms with Crippen LogP contribution in [0.5, 0.6) is 5.75 Å². The SMILES string of the molecule is COCCOC(=O)CN1C(=O)C(C)(C)Oc2ccc(Cl)cc21. The maximum Gasteiger partial charge on any atom is 0.326 e. The number of nitrogens with zero attached hydrogens (tertiary/aromatic N) is 1. The molecule has 0 saturated heterocycles. The van der Waals surface area contributed by atoms with Gasteiger partial charge in [0.2, 0.25) is 0 Å². The fourth-order valence-electron chi connectivity index (χ4n) is 2.11. The third kappa shape index (κ3) is 3.51. The summed E-state index contributed by atoms with van der Waals surface area (Å²) in [7, 11) is 1.51. The molecule has 0 fully saturated rings. The molecule has 1 heterocycles. The van der Waals surface area contributed by atoms with Crippen LogP contribution in [0.1, 0.15) is 13.8 Å². The van der Waals surface area contributed by atoms with E-state index in [0.717, 1.165) is 0 Å². The van der Waals surface area contributed by atoms with Gasteiger partial charge >= 0.3 is 5.97 Å². The van der Waals surface area contributed by atoms with Crippen molar-refractivity contribution in [3.63, 3.8) is 0 Å². The molecule has 0 N–H and O–H groups in total. The summed E-state index contributed by atoms with van der Waals surface area (Å²) in [6.45, 7) is 3.53. The van der Waals surface area contributed by atoms with Gasteiger partial charge in [0.15, 0.2) is 5.60 Å². The summed E-state index contributed by atoms with van der Waals surface area (Å²) < 4.78 is 15.5. The summed E-state index contributed by atoms with van der Waals surface area (Å²) in [5.74, 6) is -0.348. The van der Waals surface area contributed by atoms with Crippen LogP contribution in [0.25, 0.3) is 0 Å². The third-order valence-electron chi connectivity index (χ3n) is 3.17. The third-order valence-corrected chi connectivity index (χ3v) is 3.41. The van der Waals surface area contributed by atoms with Gasteiger partial charge in [-0.15, -0.1) is 0 Å². The highest BCUT2D eigenvalue weighted by Crippen LogP contribution is 2.39. The minimum Gasteiger partial charge on any atom is -0.476 e. The molecule has 0 spiro atoms. The maximum absolute atomic E-state index is 12.5. The summed E-state index contributed by atoms with van der Waals surface area (Å²) in [5, 5.41) is 0.451. The number of esters is 1. The van der Waals surface area contributed by atoms with E-state index in [1.165, 1.54) is 12.0 Å². The van der Waals surface area contributed by atoms with Gasteiger partial charge in [-0.3, -0.25) is 14.5 Å². The van der Waals surface area contributed by atoms with Crippen molar-refractivity contribution >= 4 is 29.2 Å². The van der Waals surface area contributed by atoms with Gasteiger partial charge in [-0.1, -0.05) is 11.6 Å². The number of benzene rings is 1. The Morgan fingerprint density at radius 2 is 2.09 bits per heavy atom. The molecule has 1 aliphatic rings. The summed E-state index contributed by atoms with van der Waals surface area (Å²) in [5.41, 5.74) is -0.603. The topological polar surface area (TPSA) is 65.1 Å². The number of amides is 1. The van der Waals surface area contributed by atoms with Gasteiger partial charge in [-0.2, -0.15) is 0 Å². The molecule has 1 amide bonds. The molecule has 1 aliphatic heterocycles. The molecule has 0 unspecified atom stereocenters. The second-order valence-electron chi connectivity index (χ2n) is 5.33. The second-order valence-corrected chi connectivity index (χ2v) is 5.77. The lowest BCUT2D eigenvalue weighted by Crippen LogP contribution is -2.54. The minimum atomic E-state index is -1.06. The number of ether oxygens (including phenoxy) is 3. The lowest BCUT2D eigenvalue weighted by Gasteiger charge is -2.38. The Hall–Kier alpha value is -1.79. The second kappa shape index (κ2) is 6.54. The number of halogens is 1. The highest BCUT2D eigenvalue weighted by Gasteiger charge is 2.41. The molecule has 6 nitrogen and oxygen atoms in total. The number of anilines is 1. The number of methoxy groups -OCH3 is 1. The molecule has 0 bridgehead atoms. The molecule has 2 rings (SSSR count). The number of hydrogen-bond donors (Lipinski definition) is 0. The van der Waals surface area contributed by atoms with E-state index in [4.69, 9.17) is 25.8 Å². The molecule has 0 aliphatic carbocycles. The number of carbonyl (C=O) groups excluding carboxylic acids is 2. The van der Waals surface area contributed by atoms with E-state index in [-0.39, 0.29) is 19.1 Å². The van der Waals surface area contributed by atoms with Gasteiger partial charge in [-0.05, 0) is 32.0 Å². The van der Waals surface area contributed by atoms with Crippen molar-refractivity contribution in [2.45, 2.75) is 19.4 Å². The van der Waals surface area contributed by atoms with E-state index in [1.54, 1.807) is 32.0 Å². The molecule has 22 heavy (non-hydrogen) atoms. The van der Waals surface area contributed by atoms with Crippen molar-refractivity contribution in [1.82, 2.24) is 0 Å². The summed E-state index contributed by atoms with van der Waals surface area (Å²) in [6.07, 6.45) is 0. The molecule has 0 atom stereocenters. The summed E-state index contributed by atoms with van der Waals surface area (Å²) in [6, 6.07) is 4.93. The zero-order valence-corrected chi connectivity index (χ0v) is 13.5. The number of hydrogen-bond acceptors (Lipinski definition) is 5. The van der Waals surface area contributed by atoms with E-state index in [1.807, 2.05) is 0 Å². The maximum atomic E-state index is 12.5. The number of carbonyl (C=O) groups is 2. The van der Waals surface area contributed by atoms with Crippen LogP contribution >= 0.6 is 11.6 Å². The summed E-state index contributed by atoms with van der Waals surface area (Å²) >= 11 is 5.97.